The quantitative estimate of drug-likeness (QED) is 0.794. The molecule has 2 N–H and O–H groups in total. The van der Waals surface area contributed by atoms with Crippen LogP contribution in [0.4, 0.5) is 0 Å². The normalized spacial score (nSPS) is 38.8. The van der Waals surface area contributed by atoms with Gasteiger partial charge in [-0.25, -0.2) is 0 Å². The number of aryl methyl sites for hydroxylation is 1. The molecule has 3 nitrogen and oxygen atoms in total. The Bertz CT molecular complexity index is 371. The zero-order chi connectivity index (χ0) is 10.5. The van der Waals surface area contributed by atoms with E-state index in [1.54, 1.807) is 0 Å². The van der Waals surface area contributed by atoms with Gasteiger partial charge in [0.1, 0.15) is 0 Å². The summed E-state index contributed by atoms with van der Waals surface area (Å²) < 4.78 is 1.87. The van der Waals surface area contributed by atoms with E-state index < -0.39 is 0 Å². The fourth-order valence-electron chi connectivity index (χ4n) is 3.65. The zero-order valence-corrected chi connectivity index (χ0v) is 9.32. The summed E-state index contributed by atoms with van der Waals surface area (Å²) in [4.78, 5) is 0. The van der Waals surface area contributed by atoms with Gasteiger partial charge in [0.05, 0.1) is 6.20 Å². The number of rotatable bonds is 2. The molecule has 82 valence electrons. The molecule has 1 aromatic rings. The van der Waals surface area contributed by atoms with Crippen LogP contribution in [0.1, 0.15) is 31.2 Å². The average Bonchev–Trinajstić information content (AvgIpc) is 2.81. The maximum absolute atomic E-state index is 6.55. The van der Waals surface area contributed by atoms with Gasteiger partial charge in [0, 0.05) is 18.8 Å². The molecular formula is C12H19N3. The van der Waals surface area contributed by atoms with E-state index in [-0.39, 0.29) is 5.54 Å². The fraction of sp³-hybridized carbons (Fsp3) is 0.750. The molecule has 15 heavy (non-hydrogen) atoms. The lowest BCUT2D eigenvalue weighted by Crippen LogP contribution is -2.46. The van der Waals surface area contributed by atoms with E-state index in [9.17, 15) is 0 Å². The van der Waals surface area contributed by atoms with Gasteiger partial charge in [-0.2, -0.15) is 5.10 Å². The first kappa shape index (κ1) is 9.40. The van der Waals surface area contributed by atoms with Gasteiger partial charge in [0.25, 0.3) is 0 Å². The number of hydrogen-bond donors (Lipinski definition) is 1. The van der Waals surface area contributed by atoms with Crippen molar-refractivity contribution in [2.75, 3.05) is 0 Å². The Morgan fingerprint density at radius 3 is 3.00 bits per heavy atom. The predicted octanol–water partition coefficient (Wildman–Crippen LogP) is 1.48. The standard InChI is InChI=1S/C12H19N3/c1-15-8-10(7-14-15)6-12(13)5-9-2-3-11(12)4-9/h7-9,11H,2-6,13H2,1H3. The van der Waals surface area contributed by atoms with Gasteiger partial charge >= 0.3 is 0 Å². The van der Waals surface area contributed by atoms with Gasteiger partial charge in [0.2, 0.25) is 0 Å². The first-order chi connectivity index (χ1) is 7.16. The molecule has 3 rings (SSSR count). The molecule has 0 amide bonds. The monoisotopic (exact) mass is 205 g/mol. The van der Waals surface area contributed by atoms with Gasteiger partial charge in [-0.3, -0.25) is 4.68 Å². The molecule has 0 saturated heterocycles. The summed E-state index contributed by atoms with van der Waals surface area (Å²) in [5.74, 6) is 1.68. The van der Waals surface area contributed by atoms with Crippen molar-refractivity contribution in [2.45, 2.75) is 37.6 Å². The van der Waals surface area contributed by atoms with Crippen molar-refractivity contribution in [3.63, 3.8) is 0 Å². The predicted molar refractivity (Wildman–Crippen MR) is 59.3 cm³/mol. The second-order valence-corrected chi connectivity index (χ2v) is 5.51. The Kier molecular flexibility index (Phi) is 1.93. The van der Waals surface area contributed by atoms with E-state index in [2.05, 4.69) is 11.3 Å². The summed E-state index contributed by atoms with van der Waals surface area (Å²) in [6.45, 7) is 0. The lowest BCUT2D eigenvalue weighted by molar-refractivity contribution is 0.269. The highest BCUT2D eigenvalue weighted by molar-refractivity contribution is 5.15. The van der Waals surface area contributed by atoms with Crippen LogP contribution in [0.25, 0.3) is 0 Å². The smallest absolute Gasteiger partial charge is 0.0522 e. The second-order valence-electron chi connectivity index (χ2n) is 5.51. The fourth-order valence-corrected chi connectivity index (χ4v) is 3.65. The minimum Gasteiger partial charge on any atom is -0.325 e. The first-order valence-electron chi connectivity index (χ1n) is 5.92. The number of hydrogen-bond acceptors (Lipinski definition) is 2. The van der Waals surface area contributed by atoms with Crippen LogP contribution in [0.5, 0.6) is 0 Å². The Morgan fingerprint density at radius 1 is 1.60 bits per heavy atom. The SMILES string of the molecule is Cn1cc(CC2(N)CC3CCC2C3)cn1. The molecule has 2 bridgehead atoms. The van der Waals surface area contributed by atoms with Crippen LogP contribution < -0.4 is 5.73 Å². The van der Waals surface area contributed by atoms with Gasteiger partial charge in [-0.05, 0) is 43.1 Å². The molecule has 0 aliphatic heterocycles. The maximum atomic E-state index is 6.55. The molecule has 3 unspecified atom stereocenters. The summed E-state index contributed by atoms with van der Waals surface area (Å²) >= 11 is 0. The van der Waals surface area contributed by atoms with Gasteiger partial charge < -0.3 is 5.73 Å². The number of nitrogens with two attached hydrogens (primary N) is 1. The minimum atomic E-state index is 0.0753. The van der Waals surface area contributed by atoms with Crippen LogP contribution in [0.15, 0.2) is 12.4 Å². The summed E-state index contributed by atoms with van der Waals surface area (Å²) in [6.07, 6.45) is 10.4. The van der Waals surface area contributed by atoms with E-state index in [0.29, 0.717) is 0 Å². The van der Waals surface area contributed by atoms with Crippen molar-refractivity contribution in [3.8, 4) is 0 Å². The van der Waals surface area contributed by atoms with Crippen LogP contribution >= 0.6 is 0 Å². The summed E-state index contributed by atoms with van der Waals surface area (Å²) in [7, 11) is 1.97. The molecular weight excluding hydrogens is 186 g/mol. The molecule has 1 heterocycles. The molecule has 0 spiro atoms. The highest BCUT2D eigenvalue weighted by Crippen LogP contribution is 2.50. The van der Waals surface area contributed by atoms with E-state index in [1.807, 2.05) is 17.9 Å². The zero-order valence-electron chi connectivity index (χ0n) is 9.32. The van der Waals surface area contributed by atoms with Crippen molar-refractivity contribution in [3.05, 3.63) is 18.0 Å². The number of aromatic nitrogens is 2. The number of nitrogens with zero attached hydrogens (tertiary/aromatic N) is 2. The molecule has 2 fully saturated rings. The van der Waals surface area contributed by atoms with Crippen molar-refractivity contribution >= 4 is 0 Å². The van der Waals surface area contributed by atoms with Crippen LogP contribution in [-0.2, 0) is 13.5 Å². The van der Waals surface area contributed by atoms with Crippen LogP contribution in [0.2, 0.25) is 0 Å². The third kappa shape index (κ3) is 1.49. The van der Waals surface area contributed by atoms with Crippen molar-refractivity contribution in [1.82, 2.24) is 9.78 Å². The lowest BCUT2D eigenvalue weighted by Gasteiger charge is -2.33. The van der Waals surface area contributed by atoms with Gasteiger partial charge in [-0.1, -0.05) is 6.42 Å². The highest BCUT2D eigenvalue weighted by atomic mass is 15.2. The summed E-state index contributed by atoms with van der Waals surface area (Å²) in [6, 6.07) is 0. The molecule has 3 heteroatoms. The third-order valence-electron chi connectivity index (χ3n) is 4.31. The van der Waals surface area contributed by atoms with Crippen LogP contribution in [-0.4, -0.2) is 15.3 Å². The van der Waals surface area contributed by atoms with Crippen molar-refractivity contribution < 1.29 is 0 Å². The maximum Gasteiger partial charge on any atom is 0.0522 e. The van der Waals surface area contributed by atoms with Gasteiger partial charge in [0.15, 0.2) is 0 Å². The van der Waals surface area contributed by atoms with Gasteiger partial charge in [-0.15, -0.1) is 0 Å². The Morgan fingerprint density at radius 2 is 2.47 bits per heavy atom. The molecule has 3 atom stereocenters. The van der Waals surface area contributed by atoms with E-state index >= 15 is 0 Å². The highest BCUT2D eigenvalue weighted by Gasteiger charge is 2.48. The Hall–Kier alpha value is -0.830. The second kappa shape index (κ2) is 3.08. The van der Waals surface area contributed by atoms with E-state index in [0.717, 1.165) is 18.3 Å². The van der Waals surface area contributed by atoms with Crippen molar-refractivity contribution in [2.24, 2.45) is 24.6 Å². The first-order valence-corrected chi connectivity index (χ1v) is 5.92. The molecule has 0 radical (unpaired) electrons. The summed E-state index contributed by atoms with van der Waals surface area (Å²) in [5, 5.41) is 4.21. The molecule has 2 aliphatic rings. The average molecular weight is 205 g/mol. The topological polar surface area (TPSA) is 43.8 Å². The molecule has 1 aromatic heterocycles. The Labute approximate surface area is 90.7 Å². The van der Waals surface area contributed by atoms with E-state index in [1.165, 1.54) is 31.2 Å². The molecule has 2 saturated carbocycles. The lowest BCUT2D eigenvalue weighted by atomic mass is 9.78. The van der Waals surface area contributed by atoms with Crippen molar-refractivity contribution in [1.29, 1.82) is 0 Å². The third-order valence-corrected chi connectivity index (χ3v) is 4.31. The molecule has 0 aromatic carbocycles. The largest absolute Gasteiger partial charge is 0.325 e. The molecule has 2 aliphatic carbocycles. The number of fused-ring (bicyclic) bond motifs is 2. The minimum absolute atomic E-state index is 0.0753. The Balaban J connectivity index is 1.77. The van der Waals surface area contributed by atoms with Crippen LogP contribution in [0, 0.1) is 11.8 Å². The van der Waals surface area contributed by atoms with Crippen LogP contribution in [0.3, 0.4) is 0 Å². The van der Waals surface area contributed by atoms with E-state index in [4.69, 9.17) is 5.73 Å². The summed E-state index contributed by atoms with van der Waals surface area (Å²) in [5.41, 5.74) is 7.92.